The Morgan fingerprint density at radius 2 is 1.44 bits per heavy atom. The summed E-state index contributed by atoms with van der Waals surface area (Å²) in [5.74, 6) is -0.878. The number of amides is 5. The first kappa shape index (κ1) is 27.6. The van der Waals surface area contributed by atoms with Crippen LogP contribution >= 0.6 is 0 Å². The SMILES string of the molecule is O=C1CCC(N2C(=O)c3ccc(N4CCC(CN5CCN(C[C@H]6CCN(C(=O)O)C6)CC5)CC4)cc3C2=O)C(=O)N1. The molecule has 2 atom stereocenters. The summed E-state index contributed by atoms with van der Waals surface area (Å²) in [6.45, 7) is 9.27. The van der Waals surface area contributed by atoms with E-state index in [9.17, 15) is 29.1 Å². The van der Waals surface area contributed by atoms with Gasteiger partial charge in [-0.2, -0.15) is 0 Å². The van der Waals surface area contributed by atoms with Gasteiger partial charge >= 0.3 is 6.09 Å². The van der Waals surface area contributed by atoms with Gasteiger partial charge in [-0.25, -0.2) is 4.79 Å². The van der Waals surface area contributed by atoms with Crippen LogP contribution in [0.15, 0.2) is 18.2 Å². The number of hydrogen-bond acceptors (Lipinski definition) is 8. The van der Waals surface area contributed by atoms with Gasteiger partial charge in [-0.3, -0.25) is 29.4 Å². The van der Waals surface area contributed by atoms with E-state index in [1.165, 1.54) is 4.90 Å². The van der Waals surface area contributed by atoms with Gasteiger partial charge in [-0.15, -0.1) is 0 Å². The van der Waals surface area contributed by atoms with Crippen molar-refractivity contribution in [2.24, 2.45) is 11.8 Å². The third kappa shape index (κ3) is 5.67. The zero-order valence-electron chi connectivity index (χ0n) is 23.3. The Hall–Kier alpha value is -3.51. The molecule has 4 saturated heterocycles. The highest BCUT2D eigenvalue weighted by Crippen LogP contribution is 2.32. The number of rotatable bonds is 6. The Morgan fingerprint density at radius 3 is 2.07 bits per heavy atom. The highest BCUT2D eigenvalue weighted by molar-refractivity contribution is 6.23. The molecule has 5 aliphatic heterocycles. The van der Waals surface area contributed by atoms with E-state index in [4.69, 9.17) is 0 Å². The number of hydrogen-bond donors (Lipinski definition) is 2. The van der Waals surface area contributed by atoms with Crippen LogP contribution in [0, 0.1) is 11.8 Å². The lowest BCUT2D eigenvalue weighted by atomic mass is 9.95. The van der Waals surface area contributed by atoms with Crippen molar-refractivity contribution < 1.29 is 29.1 Å². The van der Waals surface area contributed by atoms with Crippen LogP contribution in [0.5, 0.6) is 0 Å². The number of carbonyl (C=O) groups is 5. The van der Waals surface area contributed by atoms with Crippen molar-refractivity contribution in [2.45, 2.75) is 38.1 Å². The molecular weight excluding hydrogens is 528 g/mol. The van der Waals surface area contributed by atoms with Gasteiger partial charge in [0.15, 0.2) is 0 Å². The predicted octanol–water partition coefficient (Wildman–Crippen LogP) is 0.922. The summed E-state index contributed by atoms with van der Waals surface area (Å²) in [4.78, 5) is 71.1. The molecule has 1 aromatic rings. The fraction of sp³-hybridized carbons (Fsp3) is 0.621. The monoisotopic (exact) mass is 566 g/mol. The van der Waals surface area contributed by atoms with Crippen molar-refractivity contribution in [3.63, 3.8) is 0 Å². The van der Waals surface area contributed by atoms with Crippen molar-refractivity contribution in [1.29, 1.82) is 0 Å². The number of benzene rings is 1. The van der Waals surface area contributed by atoms with Crippen molar-refractivity contribution >= 4 is 35.4 Å². The van der Waals surface area contributed by atoms with Gasteiger partial charge in [-0.05, 0) is 55.7 Å². The summed E-state index contributed by atoms with van der Waals surface area (Å²) < 4.78 is 0. The van der Waals surface area contributed by atoms with Gasteiger partial charge in [0.1, 0.15) is 6.04 Å². The summed E-state index contributed by atoms with van der Waals surface area (Å²) in [5, 5.41) is 11.4. The molecule has 0 saturated carbocycles. The number of carboxylic acid groups (broad SMARTS) is 1. The molecule has 5 heterocycles. The van der Waals surface area contributed by atoms with Crippen molar-refractivity contribution in [1.82, 2.24) is 24.9 Å². The average molecular weight is 567 g/mol. The van der Waals surface area contributed by atoms with E-state index in [0.29, 0.717) is 36.1 Å². The van der Waals surface area contributed by atoms with Gasteiger partial charge in [0.05, 0.1) is 11.1 Å². The molecule has 0 aliphatic carbocycles. The van der Waals surface area contributed by atoms with Crippen LogP contribution in [0.25, 0.3) is 0 Å². The van der Waals surface area contributed by atoms with Gasteiger partial charge in [-0.1, -0.05) is 0 Å². The maximum absolute atomic E-state index is 13.2. The minimum Gasteiger partial charge on any atom is -0.465 e. The molecule has 0 bridgehead atoms. The number of fused-ring (bicyclic) bond motifs is 1. The van der Waals surface area contributed by atoms with Gasteiger partial charge in [0.2, 0.25) is 11.8 Å². The maximum Gasteiger partial charge on any atom is 0.407 e. The van der Waals surface area contributed by atoms with E-state index in [1.54, 1.807) is 12.1 Å². The molecule has 0 radical (unpaired) electrons. The quantitative estimate of drug-likeness (QED) is 0.482. The van der Waals surface area contributed by atoms with Crippen LogP contribution in [0.2, 0.25) is 0 Å². The van der Waals surface area contributed by atoms with E-state index in [1.807, 2.05) is 6.07 Å². The van der Waals surface area contributed by atoms with E-state index in [-0.39, 0.29) is 18.7 Å². The highest BCUT2D eigenvalue weighted by atomic mass is 16.4. The third-order valence-corrected chi connectivity index (χ3v) is 9.46. The second-order valence-corrected chi connectivity index (χ2v) is 12.1. The normalized spacial score (nSPS) is 26.6. The Balaban J connectivity index is 0.974. The van der Waals surface area contributed by atoms with Crippen LogP contribution in [0.1, 0.15) is 52.8 Å². The number of carbonyl (C=O) groups excluding carboxylic acids is 4. The van der Waals surface area contributed by atoms with Crippen molar-refractivity contribution in [3.8, 4) is 0 Å². The molecule has 6 rings (SSSR count). The van der Waals surface area contributed by atoms with Crippen LogP contribution in [-0.2, 0) is 9.59 Å². The van der Waals surface area contributed by atoms with E-state index >= 15 is 0 Å². The lowest BCUT2D eigenvalue weighted by molar-refractivity contribution is -0.136. The average Bonchev–Trinajstić information content (AvgIpc) is 3.53. The molecule has 41 heavy (non-hydrogen) atoms. The first-order valence-corrected chi connectivity index (χ1v) is 14.8. The summed E-state index contributed by atoms with van der Waals surface area (Å²) in [7, 11) is 0. The summed E-state index contributed by atoms with van der Waals surface area (Å²) >= 11 is 0. The first-order valence-electron chi connectivity index (χ1n) is 14.8. The van der Waals surface area contributed by atoms with E-state index in [0.717, 1.165) is 82.2 Å². The zero-order valence-corrected chi connectivity index (χ0v) is 23.3. The minimum absolute atomic E-state index is 0.105. The summed E-state index contributed by atoms with van der Waals surface area (Å²) in [6, 6.07) is 4.40. The van der Waals surface area contributed by atoms with Crippen LogP contribution < -0.4 is 10.2 Å². The van der Waals surface area contributed by atoms with Gasteiger partial charge in [0.25, 0.3) is 11.8 Å². The van der Waals surface area contributed by atoms with E-state index in [2.05, 4.69) is 20.0 Å². The largest absolute Gasteiger partial charge is 0.465 e. The zero-order chi connectivity index (χ0) is 28.7. The van der Waals surface area contributed by atoms with Crippen LogP contribution in [-0.4, -0.2) is 126 Å². The standard InChI is InChI=1S/C29H38N6O6/c36-25-4-3-24(26(37)30-25)35-27(38)22-2-1-21(15-23(22)28(35)39)33-8-5-19(6-9-33)16-31-11-13-32(14-12-31)17-20-7-10-34(18-20)29(40)41/h1-2,15,19-20,24H,3-14,16-18H2,(H,40,41)(H,30,36,37)/t20-,24?/m1/s1. The Morgan fingerprint density at radius 1 is 0.805 bits per heavy atom. The molecule has 5 amide bonds. The number of nitrogens with zero attached hydrogens (tertiary/aromatic N) is 5. The maximum atomic E-state index is 13.2. The predicted molar refractivity (Wildman–Crippen MR) is 149 cm³/mol. The minimum atomic E-state index is -0.953. The lowest BCUT2D eigenvalue weighted by Crippen LogP contribution is -2.54. The number of imide groups is 2. The topological polar surface area (TPSA) is 134 Å². The first-order chi connectivity index (χ1) is 19.8. The van der Waals surface area contributed by atoms with Gasteiger partial charge in [0, 0.05) is 77.6 Å². The Kier molecular flexibility index (Phi) is 7.69. The molecule has 2 N–H and O–H groups in total. The number of likely N-dealkylation sites (tertiary alicyclic amines) is 1. The molecule has 0 spiro atoms. The van der Waals surface area contributed by atoms with Crippen LogP contribution in [0.4, 0.5) is 10.5 Å². The Labute approximate surface area is 239 Å². The second-order valence-electron chi connectivity index (χ2n) is 12.1. The van der Waals surface area contributed by atoms with Crippen molar-refractivity contribution in [2.75, 3.05) is 70.3 Å². The Bertz CT molecular complexity index is 1240. The number of piperidine rings is 2. The molecule has 0 aromatic heterocycles. The molecule has 220 valence electrons. The van der Waals surface area contributed by atoms with Crippen molar-refractivity contribution in [3.05, 3.63) is 29.3 Å². The molecule has 12 heteroatoms. The summed E-state index contributed by atoms with van der Waals surface area (Å²) in [6.07, 6.45) is 2.52. The second kappa shape index (κ2) is 11.4. The molecule has 1 aromatic carbocycles. The molecule has 4 fully saturated rings. The molecule has 12 nitrogen and oxygen atoms in total. The highest BCUT2D eigenvalue weighted by Gasteiger charge is 2.44. The molecular formula is C29H38N6O6. The molecule has 5 aliphatic rings. The number of anilines is 1. The lowest BCUT2D eigenvalue weighted by Gasteiger charge is -2.40. The fourth-order valence-corrected chi connectivity index (χ4v) is 7.07. The smallest absolute Gasteiger partial charge is 0.407 e. The van der Waals surface area contributed by atoms with Gasteiger partial charge < -0.3 is 24.7 Å². The third-order valence-electron chi connectivity index (χ3n) is 9.46. The van der Waals surface area contributed by atoms with E-state index < -0.39 is 29.9 Å². The fourth-order valence-electron chi connectivity index (χ4n) is 7.07. The number of nitrogens with one attached hydrogen (secondary N) is 1. The van der Waals surface area contributed by atoms with Crippen LogP contribution in [0.3, 0.4) is 0 Å². The summed E-state index contributed by atoms with van der Waals surface area (Å²) in [5.41, 5.74) is 1.55. The molecule has 1 unspecified atom stereocenters. The number of piperazine rings is 1.